The first-order chi connectivity index (χ1) is 9.72. The van der Waals surface area contributed by atoms with Crippen molar-refractivity contribution in [2.75, 3.05) is 0 Å². The van der Waals surface area contributed by atoms with Crippen LogP contribution in [0.2, 0.25) is 0 Å². The average Bonchev–Trinajstić information content (AvgIpc) is 2.38. The summed E-state index contributed by atoms with van der Waals surface area (Å²) in [5.74, 6) is -1.02. The van der Waals surface area contributed by atoms with Gasteiger partial charge < -0.3 is 15.3 Å². The Balaban J connectivity index is 3.25. The molecule has 0 amide bonds. The maximum Gasteiger partial charge on any atom is 0.335 e. The Morgan fingerprint density at radius 3 is 2.33 bits per heavy atom. The van der Waals surface area contributed by atoms with Crippen molar-refractivity contribution in [2.24, 2.45) is 0 Å². The Labute approximate surface area is 125 Å². The van der Waals surface area contributed by atoms with Crippen LogP contribution in [-0.2, 0) is 12.8 Å². The molecule has 0 aliphatic rings. The summed E-state index contributed by atoms with van der Waals surface area (Å²) in [5.41, 5.74) is 2.72. The van der Waals surface area contributed by atoms with E-state index < -0.39 is 12.1 Å². The number of aromatic carboxylic acids is 1. The molecule has 4 nitrogen and oxygen atoms in total. The SMILES string of the molecule is C=C(C)[C@H](O)Cc1cc(C(=O)O)cc(CC=C(C)C)c1O. The monoisotopic (exact) mass is 290 g/mol. The molecule has 0 heterocycles. The summed E-state index contributed by atoms with van der Waals surface area (Å²) in [4.78, 5) is 11.2. The van der Waals surface area contributed by atoms with Gasteiger partial charge in [0.05, 0.1) is 11.7 Å². The first-order valence-corrected chi connectivity index (χ1v) is 6.77. The van der Waals surface area contributed by atoms with Gasteiger partial charge in [0.15, 0.2) is 0 Å². The molecule has 4 heteroatoms. The van der Waals surface area contributed by atoms with E-state index in [-0.39, 0.29) is 17.7 Å². The van der Waals surface area contributed by atoms with E-state index in [1.807, 2.05) is 19.9 Å². The minimum atomic E-state index is -1.06. The van der Waals surface area contributed by atoms with Crippen LogP contribution in [0.1, 0.15) is 42.3 Å². The lowest BCUT2D eigenvalue weighted by atomic mass is 9.96. The van der Waals surface area contributed by atoms with E-state index in [1.165, 1.54) is 12.1 Å². The van der Waals surface area contributed by atoms with Crippen molar-refractivity contribution in [2.45, 2.75) is 39.7 Å². The molecular weight excluding hydrogens is 268 g/mol. The number of phenols is 1. The molecule has 0 fully saturated rings. The van der Waals surface area contributed by atoms with Crippen molar-refractivity contribution < 1.29 is 20.1 Å². The molecule has 0 radical (unpaired) electrons. The van der Waals surface area contributed by atoms with Gasteiger partial charge in [-0.05, 0) is 50.5 Å². The molecule has 0 spiro atoms. The van der Waals surface area contributed by atoms with E-state index in [4.69, 9.17) is 5.11 Å². The predicted molar refractivity (Wildman–Crippen MR) is 82.7 cm³/mol. The van der Waals surface area contributed by atoms with Gasteiger partial charge in [-0.2, -0.15) is 0 Å². The number of hydrogen-bond donors (Lipinski definition) is 3. The molecule has 3 N–H and O–H groups in total. The van der Waals surface area contributed by atoms with Crippen LogP contribution < -0.4 is 0 Å². The fourth-order valence-corrected chi connectivity index (χ4v) is 1.89. The molecule has 1 atom stereocenters. The third kappa shape index (κ3) is 4.76. The molecule has 0 saturated heterocycles. The quantitative estimate of drug-likeness (QED) is 0.704. The Morgan fingerprint density at radius 1 is 1.29 bits per heavy atom. The molecule has 0 bridgehead atoms. The zero-order valence-electron chi connectivity index (χ0n) is 12.7. The standard InChI is InChI=1S/C17H22O4/c1-10(2)5-6-12-7-14(17(20)21)8-13(16(12)19)9-15(18)11(3)4/h5,7-8,15,18-19H,3,6,9H2,1-2,4H3,(H,20,21)/t15-/m1/s1. The third-order valence-electron chi connectivity index (χ3n) is 3.23. The van der Waals surface area contributed by atoms with E-state index >= 15 is 0 Å². The fraction of sp³-hybridized carbons (Fsp3) is 0.353. The lowest BCUT2D eigenvalue weighted by Gasteiger charge is -2.14. The minimum absolute atomic E-state index is 0.0396. The number of aromatic hydroxyl groups is 1. The number of aliphatic hydroxyl groups excluding tert-OH is 1. The summed E-state index contributed by atoms with van der Waals surface area (Å²) in [6.45, 7) is 9.22. The van der Waals surface area contributed by atoms with Gasteiger partial charge in [-0.3, -0.25) is 0 Å². The number of allylic oxidation sites excluding steroid dienone is 2. The van der Waals surface area contributed by atoms with Crippen LogP contribution >= 0.6 is 0 Å². The Hall–Kier alpha value is -2.07. The fourth-order valence-electron chi connectivity index (χ4n) is 1.89. The van der Waals surface area contributed by atoms with E-state index in [9.17, 15) is 15.0 Å². The number of phenolic OH excluding ortho intramolecular Hbond substituents is 1. The zero-order chi connectivity index (χ0) is 16.2. The van der Waals surface area contributed by atoms with Crippen molar-refractivity contribution in [3.05, 3.63) is 52.6 Å². The van der Waals surface area contributed by atoms with Gasteiger partial charge in [0, 0.05) is 6.42 Å². The third-order valence-corrected chi connectivity index (χ3v) is 3.23. The molecule has 21 heavy (non-hydrogen) atoms. The smallest absolute Gasteiger partial charge is 0.335 e. The summed E-state index contributed by atoms with van der Waals surface area (Å²) in [6.07, 6.45) is 1.70. The number of rotatable bonds is 6. The van der Waals surface area contributed by atoms with Gasteiger partial charge in [-0.1, -0.05) is 23.8 Å². The molecule has 1 aromatic rings. The second-order valence-corrected chi connectivity index (χ2v) is 5.50. The molecule has 114 valence electrons. The minimum Gasteiger partial charge on any atom is -0.507 e. The maximum atomic E-state index is 11.2. The first-order valence-electron chi connectivity index (χ1n) is 6.77. The van der Waals surface area contributed by atoms with Crippen LogP contribution in [0, 0.1) is 0 Å². The molecule has 1 aromatic carbocycles. The number of aliphatic hydroxyl groups is 1. The number of benzene rings is 1. The van der Waals surface area contributed by atoms with Crippen molar-refractivity contribution in [3.8, 4) is 5.75 Å². The number of carbonyl (C=O) groups is 1. The number of hydrogen-bond acceptors (Lipinski definition) is 3. The van der Waals surface area contributed by atoms with Crippen molar-refractivity contribution in [3.63, 3.8) is 0 Å². The highest BCUT2D eigenvalue weighted by molar-refractivity contribution is 5.88. The van der Waals surface area contributed by atoms with E-state index in [0.717, 1.165) is 5.57 Å². The summed E-state index contributed by atoms with van der Waals surface area (Å²) >= 11 is 0. The summed E-state index contributed by atoms with van der Waals surface area (Å²) < 4.78 is 0. The summed E-state index contributed by atoms with van der Waals surface area (Å²) in [7, 11) is 0. The highest BCUT2D eigenvalue weighted by Crippen LogP contribution is 2.28. The zero-order valence-corrected chi connectivity index (χ0v) is 12.7. The van der Waals surface area contributed by atoms with Gasteiger partial charge in [0.25, 0.3) is 0 Å². The maximum absolute atomic E-state index is 11.2. The number of carboxylic acid groups (broad SMARTS) is 1. The van der Waals surface area contributed by atoms with Crippen molar-refractivity contribution in [1.29, 1.82) is 0 Å². The molecule has 1 rings (SSSR count). The second-order valence-electron chi connectivity index (χ2n) is 5.50. The van der Waals surface area contributed by atoms with Crippen LogP contribution in [0.4, 0.5) is 0 Å². The molecule has 0 aliphatic carbocycles. The van der Waals surface area contributed by atoms with Gasteiger partial charge in [-0.25, -0.2) is 4.79 Å². The van der Waals surface area contributed by atoms with Crippen LogP contribution in [0.3, 0.4) is 0 Å². The van der Waals surface area contributed by atoms with Crippen LogP contribution in [0.15, 0.2) is 35.9 Å². The highest BCUT2D eigenvalue weighted by Gasteiger charge is 2.16. The van der Waals surface area contributed by atoms with Crippen LogP contribution in [-0.4, -0.2) is 27.4 Å². The average molecular weight is 290 g/mol. The summed E-state index contributed by atoms with van der Waals surface area (Å²) in [5, 5.41) is 29.3. The van der Waals surface area contributed by atoms with Crippen LogP contribution in [0.5, 0.6) is 5.75 Å². The largest absolute Gasteiger partial charge is 0.507 e. The normalized spacial score (nSPS) is 11.8. The van der Waals surface area contributed by atoms with E-state index in [2.05, 4.69) is 6.58 Å². The van der Waals surface area contributed by atoms with Gasteiger partial charge >= 0.3 is 5.97 Å². The predicted octanol–water partition coefficient (Wildman–Crippen LogP) is 3.08. The Morgan fingerprint density at radius 2 is 1.86 bits per heavy atom. The van der Waals surface area contributed by atoms with Gasteiger partial charge in [0.2, 0.25) is 0 Å². The lowest BCUT2D eigenvalue weighted by Crippen LogP contribution is -2.12. The van der Waals surface area contributed by atoms with E-state index in [0.29, 0.717) is 23.1 Å². The summed E-state index contributed by atoms with van der Waals surface area (Å²) in [6, 6.07) is 2.86. The van der Waals surface area contributed by atoms with Gasteiger partial charge in [-0.15, -0.1) is 0 Å². The molecule has 0 aliphatic heterocycles. The second kappa shape index (κ2) is 7.09. The molecule has 0 unspecified atom stereocenters. The Kier molecular flexibility index (Phi) is 5.73. The molecular formula is C17H22O4. The highest BCUT2D eigenvalue weighted by atomic mass is 16.4. The first kappa shape index (κ1) is 17.0. The van der Waals surface area contributed by atoms with E-state index in [1.54, 1.807) is 6.92 Å². The lowest BCUT2D eigenvalue weighted by molar-refractivity contribution is 0.0696. The topological polar surface area (TPSA) is 77.8 Å². The van der Waals surface area contributed by atoms with Crippen LogP contribution in [0.25, 0.3) is 0 Å². The van der Waals surface area contributed by atoms with Crippen molar-refractivity contribution in [1.82, 2.24) is 0 Å². The van der Waals surface area contributed by atoms with Gasteiger partial charge in [0.1, 0.15) is 5.75 Å². The molecule has 0 saturated carbocycles. The van der Waals surface area contributed by atoms with Crippen molar-refractivity contribution >= 4 is 5.97 Å². The molecule has 0 aromatic heterocycles. The number of carboxylic acids is 1. The Bertz CT molecular complexity index is 581.